The SMILES string of the molecule is CCCC(OC(=O)C(=O)C(=O)O)C(C)C. The maximum Gasteiger partial charge on any atom is 0.387 e. The molecule has 0 bridgehead atoms. The monoisotopic (exact) mass is 216 g/mol. The first-order valence-corrected chi connectivity index (χ1v) is 4.88. The largest absolute Gasteiger partial charge is 0.475 e. The van der Waals surface area contributed by atoms with Gasteiger partial charge in [0, 0.05) is 0 Å². The zero-order valence-corrected chi connectivity index (χ0v) is 9.15. The van der Waals surface area contributed by atoms with Gasteiger partial charge in [-0.05, 0) is 12.3 Å². The summed E-state index contributed by atoms with van der Waals surface area (Å²) in [5.41, 5.74) is 0. The molecule has 0 saturated heterocycles. The lowest BCUT2D eigenvalue weighted by Crippen LogP contribution is -2.31. The molecule has 1 unspecified atom stereocenters. The predicted octanol–water partition coefficient (Wildman–Crippen LogP) is 1.01. The molecule has 0 aromatic rings. The highest BCUT2D eigenvalue weighted by Gasteiger charge is 2.27. The maximum absolute atomic E-state index is 11.0. The Morgan fingerprint density at radius 1 is 1.27 bits per heavy atom. The molecular formula is C10H16O5. The molecule has 0 amide bonds. The highest BCUT2D eigenvalue weighted by Crippen LogP contribution is 2.13. The van der Waals surface area contributed by atoms with Crippen molar-refractivity contribution >= 4 is 17.7 Å². The van der Waals surface area contributed by atoms with Crippen molar-refractivity contribution in [2.24, 2.45) is 5.92 Å². The van der Waals surface area contributed by atoms with E-state index in [4.69, 9.17) is 9.84 Å². The van der Waals surface area contributed by atoms with Crippen molar-refractivity contribution in [2.45, 2.75) is 39.7 Å². The average molecular weight is 216 g/mol. The Bertz CT molecular complexity index is 257. The Hall–Kier alpha value is -1.39. The van der Waals surface area contributed by atoms with Gasteiger partial charge in [-0.3, -0.25) is 4.79 Å². The van der Waals surface area contributed by atoms with Gasteiger partial charge in [-0.15, -0.1) is 0 Å². The number of ether oxygens (including phenoxy) is 1. The number of ketones is 1. The summed E-state index contributed by atoms with van der Waals surface area (Å²) in [4.78, 5) is 32.0. The summed E-state index contributed by atoms with van der Waals surface area (Å²) in [6, 6.07) is 0. The van der Waals surface area contributed by atoms with Gasteiger partial charge < -0.3 is 9.84 Å². The molecule has 0 radical (unpaired) electrons. The molecule has 0 fully saturated rings. The minimum Gasteiger partial charge on any atom is -0.475 e. The first-order chi connectivity index (χ1) is 6.90. The normalized spacial score (nSPS) is 12.3. The molecular weight excluding hydrogens is 200 g/mol. The summed E-state index contributed by atoms with van der Waals surface area (Å²) in [6.07, 6.45) is 1.03. The van der Waals surface area contributed by atoms with Crippen LogP contribution in [0.3, 0.4) is 0 Å². The van der Waals surface area contributed by atoms with Gasteiger partial charge in [0.05, 0.1) is 0 Å². The molecule has 0 aromatic heterocycles. The van der Waals surface area contributed by atoms with Gasteiger partial charge in [-0.2, -0.15) is 0 Å². The summed E-state index contributed by atoms with van der Waals surface area (Å²) in [5.74, 6) is -4.51. The fourth-order valence-corrected chi connectivity index (χ4v) is 1.09. The molecule has 0 aliphatic carbocycles. The van der Waals surface area contributed by atoms with Crippen molar-refractivity contribution in [3.63, 3.8) is 0 Å². The van der Waals surface area contributed by atoms with E-state index in [9.17, 15) is 14.4 Å². The van der Waals surface area contributed by atoms with Crippen LogP contribution in [0.4, 0.5) is 0 Å². The lowest BCUT2D eigenvalue weighted by molar-refractivity contribution is -0.166. The van der Waals surface area contributed by atoms with Crippen LogP contribution in [0.15, 0.2) is 0 Å². The number of Topliss-reactive ketones (excluding diaryl/α,β-unsaturated/α-hetero) is 1. The summed E-state index contributed by atoms with van der Waals surface area (Å²) in [7, 11) is 0. The smallest absolute Gasteiger partial charge is 0.387 e. The topological polar surface area (TPSA) is 80.7 Å². The number of rotatable bonds is 6. The highest BCUT2D eigenvalue weighted by molar-refractivity contribution is 6.59. The van der Waals surface area contributed by atoms with Crippen molar-refractivity contribution in [3.05, 3.63) is 0 Å². The van der Waals surface area contributed by atoms with Crippen LogP contribution < -0.4 is 0 Å². The van der Waals surface area contributed by atoms with Gasteiger partial charge in [-0.25, -0.2) is 9.59 Å². The van der Waals surface area contributed by atoms with Gasteiger partial charge in [-0.1, -0.05) is 27.2 Å². The molecule has 15 heavy (non-hydrogen) atoms. The van der Waals surface area contributed by atoms with E-state index >= 15 is 0 Å². The second-order valence-electron chi connectivity index (χ2n) is 3.61. The van der Waals surface area contributed by atoms with Crippen molar-refractivity contribution in [3.8, 4) is 0 Å². The van der Waals surface area contributed by atoms with E-state index in [1.807, 2.05) is 20.8 Å². The molecule has 0 spiro atoms. The van der Waals surface area contributed by atoms with Crippen LogP contribution in [-0.2, 0) is 19.1 Å². The van der Waals surface area contributed by atoms with Gasteiger partial charge in [0.1, 0.15) is 6.10 Å². The molecule has 0 saturated carbocycles. The average Bonchev–Trinajstić information content (AvgIpc) is 2.15. The Labute approximate surface area is 88.4 Å². The second-order valence-corrected chi connectivity index (χ2v) is 3.61. The number of carboxylic acid groups (broad SMARTS) is 1. The molecule has 1 atom stereocenters. The third-order valence-corrected chi connectivity index (χ3v) is 1.95. The van der Waals surface area contributed by atoms with Gasteiger partial charge in [0.25, 0.3) is 0 Å². The number of esters is 1. The quantitative estimate of drug-likeness (QED) is 0.407. The van der Waals surface area contributed by atoms with Crippen molar-refractivity contribution < 1.29 is 24.2 Å². The van der Waals surface area contributed by atoms with Gasteiger partial charge >= 0.3 is 17.7 Å². The van der Waals surface area contributed by atoms with Crippen LogP contribution in [0.2, 0.25) is 0 Å². The number of hydrogen-bond donors (Lipinski definition) is 1. The lowest BCUT2D eigenvalue weighted by Gasteiger charge is -2.19. The Kier molecular flexibility index (Phi) is 5.59. The van der Waals surface area contributed by atoms with Crippen molar-refractivity contribution in [1.82, 2.24) is 0 Å². The molecule has 0 aromatic carbocycles. The molecule has 0 aliphatic rings. The van der Waals surface area contributed by atoms with Crippen LogP contribution in [0.25, 0.3) is 0 Å². The van der Waals surface area contributed by atoms with Crippen LogP contribution in [0.1, 0.15) is 33.6 Å². The maximum atomic E-state index is 11.0. The van der Waals surface area contributed by atoms with E-state index in [1.165, 1.54) is 0 Å². The van der Waals surface area contributed by atoms with E-state index < -0.39 is 23.8 Å². The molecule has 0 rings (SSSR count). The van der Waals surface area contributed by atoms with E-state index in [0.29, 0.717) is 6.42 Å². The summed E-state index contributed by atoms with van der Waals surface area (Å²) < 4.78 is 4.81. The van der Waals surface area contributed by atoms with Crippen molar-refractivity contribution in [1.29, 1.82) is 0 Å². The lowest BCUT2D eigenvalue weighted by atomic mass is 10.0. The van der Waals surface area contributed by atoms with Gasteiger partial charge in [0.2, 0.25) is 0 Å². The Morgan fingerprint density at radius 3 is 2.13 bits per heavy atom. The fraction of sp³-hybridized carbons (Fsp3) is 0.700. The van der Waals surface area contributed by atoms with E-state index in [-0.39, 0.29) is 5.92 Å². The number of aliphatic carboxylic acids is 1. The van der Waals surface area contributed by atoms with Crippen LogP contribution in [0.5, 0.6) is 0 Å². The number of carbonyl (C=O) groups is 3. The highest BCUT2D eigenvalue weighted by atomic mass is 16.6. The summed E-state index contributed by atoms with van der Waals surface area (Å²) in [6.45, 7) is 5.61. The standard InChI is InChI=1S/C10H16O5/c1-4-5-7(6(2)3)15-10(14)8(11)9(12)13/h6-7H,4-5H2,1-3H3,(H,12,13). The zero-order chi connectivity index (χ0) is 12.0. The van der Waals surface area contributed by atoms with E-state index in [1.54, 1.807) is 0 Å². The Morgan fingerprint density at radius 2 is 1.80 bits per heavy atom. The van der Waals surface area contributed by atoms with E-state index in [2.05, 4.69) is 0 Å². The van der Waals surface area contributed by atoms with Crippen LogP contribution in [-0.4, -0.2) is 28.9 Å². The first kappa shape index (κ1) is 13.6. The summed E-state index contributed by atoms with van der Waals surface area (Å²) >= 11 is 0. The second kappa shape index (κ2) is 6.16. The minimum absolute atomic E-state index is 0.0653. The molecule has 1 N–H and O–H groups in total. The molecule has 0 heterocycles. The Balaban J connectivity index is 4.35. The first-order valence-electron chi connectivity index (χ1n) is 4.88. The molecule has 5 heteroatoms. The molecule has 0 aliphatic heterocycles. The minimum atomic E-state index is -1.78. The zero-order valence-electron chi connectivity index (χ0n) is 9.15. The molecule has 86 valence electrons. The number of carboxylic acids is 1. The summed E-state index contributed by atoms with van der Waals surface area (Å²) in [5, 5.41) is 8.28. The third kappa shape index (κ3) is 4.58. The van der Waals surface area contributed by atoms with Crippen LogP contribution >= 0.6 is 0 Å². The van der Waals surface area contributed by atoms with Crippen molar-refractivity contribution in [2.75, 3.05) is 0 Å². The molecule has 5 nitrogen and oxygen atoms in total. The van der Waals surface area contributed by atoms with Crippen LogP contribution in [0, 0.1) is 5.92 Å². The van der Waals surface area contributed by atoms with E-state index in [0.717, 1.165) is 6.42 Å². The number of hydrogen-bond acceptors (Lipinski definition) is 4. The number of carbonyl (C=O) groups excluding carboxylic acids is 2. The third-order valence-electron chi connectivity index (χ3n) is 1.95. The predicted molar refractivity (Wildman–Crippen MR) is 52.3 cm³/mol. The fourth-order valence-electron chi connectivity index (χ4n) is 1.09. The van der Waals surface area contributed by atoms with Gasteiger partial charge in [0.15, 0.2) is 0 Å².